The smallest absolute Gasteiger partial charge is 0.0899 e. The van der Waals surface area contributed by atoms with Crippen LogP contribution < -0.4 is 0 Å². The second-order valence-corrected chi connectivity index (χ2v) is 12.8. The quantitative estimate of drug-likeness (QED) is 0.232. The minimum atomic E-state index is 1.44. The molecule has 0 spiro atoms. The van der Waals surface area contributed by atoms with Gasteiger partial charge in [0.1, 0.15) is 0 Å². The highest BCUT2D eigenvalue weighted by Gasteiger charge is 2.20. The first-order valence-corrected chi connectivity index (χ1v) is 12.4. The van der Waals surface area contributed by atoms with Crippen LogP contribution in [0, 0.1) is 0 Å². The highest BCUT2D eigenvalue weighted by molar-refractivity contribution is 7.51. The maximum Gasteiger partial charge on any atom is 0.0899 e. The molecule has 0 bridgehead atoms. The number of hydrogen-bond donors (Lipinski definition) is 0. The van der Waals surface area contributed by atoms with Crippen LogP contribution in [-0.2, 0) is 0 Å². The summed E-state index contributed by atoms with van der Waals surface area (Å²) in [5.41, 5.74) is 0. The Hall–Kier alpha value is -1.02. The maximum absolute atomic E-state index is 2.33. The number of benzene rings is 1. The summed E-state index contributed by atoms with van der Waals surface area (Å²) in [5.74, 6) is 0. The van der Waals surface area contributed by atoms with Gasteiger partial charge in [-0.25, -0.2) is 0 Å². The number of rotatable bonds is 0. The lowest BCUT2D eigenvalue weighted by Crippen LogP contribution is -1.68. The zero-order valence-corrected chi connectivity index (χ0v) is 16.8. The normalized spacial score (nSPS) is 13.0. The molecule has 0 aliphatic carbocycles. The van der Waals surface area contributed by atoms with Crippen LogP contribution in [0.4, 0.5) is 0 Å². The second-order valence-electron chi connectivity index (χ2n) is 5.79. The summed E-state index contributed by atoms with van der Waals surface area (Å²) >= 11 is 11.6. The minimum Gasteiger partial charge on any atom is -0.133 e. The van der Waals surface area contributed by atoms with Gasteiger partial charge in [0, 0.05) is 41.7 Å². The Kier molecular flexibility index (Phi) is 2.41. The van der Waals surface area contributed by atoms with Gasteiger partial charge in [0.15, 0.2) is 0 Å². The van der Waals surface area contributed by atoms with Crippen LogP contribution in [0.15, 0.2) is 35.0 Å². The molecular formula is C18H6S6. The topological polar surface area (TPSA) is 0 Å². The molecular weight excluding hydrogens is 409 g/mol. The van der Waals surface area contributed by atoms with Gasteiger partial charge in [0.05, 0.1) is 16.1 Å². The molecule has 0 amide bonds. The summed E-state index contributed by atoms with van der Waals surface area (Å²) in [5, 5.41) is 13.4. The van der Waals surface area contributed by atoms with E-state index in [1.165, 1.54) is 57.8 Å². The van der Waals surface area contributed by atoms with Gasteiger partial charge in [-0.05, 0) is 35.0 Å². The number of thiophene rings is 6. The highest BCUT2D eigenvalue weighted by atomic mass is 32.2. The monoisotopic (exact) mass is 414 g/mol. The van der Waals surface area contributed by atoms with Crippen LogP contribution in [-0.4, -0.2) is 0 Å². The van der Waals surface area contributed by atoms with Crippen LogP contribution in [0.5, 0.6) is 0 Å². The van der Waals surface area contributed by atoms with Gasteiger partial charge < -0.3 is 0 Å². The summed E-state index contributed by atoms with van der Waals surface area (Å²) in [7, 11) is 0. The largest absolute Gasteiger partial charge is 0.133 e. The Balaban J connectivity index is 1.90. The van der Waals surface area contributed by atoms with Gasteiger partial charge in [-0.2, -0.15) is 0 Å². The Morgan fingerprint density at radius 2 is 0.958 bits per heavy atom. The fraction of sp³-hybridized carbons (Fsp3) is 0. The molecule has 0 fully saturated rings. The van der Waals surface area contributed by atoms with Gasteiger partial charge in [-0.15, -0.1) is 68.0 Å². The van der Waals surface area contributed by atoms with E-state index in [1.54, 1.807) is 0 Å². The van der Waals surface area contributed by atoms with Crippen LogP contribution in [0.25, 0.3) is 57.8 Å². The second kappa shape index (κ2) is 4.38. The van der Waals surface area contributed by atoms with E-state index in [0.29, 0.717) is 0 Å². The lowest BCUT2D eigenvalue weighted by Gasteiger charge is -1.96. The molecule has 1 aromatic carbocycles. The van der Waals surface area contributed by atoms with E-state index in [1.807, 2.05) is 68.0 Å². The third-order valence-electron chi connectivity index (χ3n) is 4.61. The molecule has 7 aromatic rings. The third-order valence-corrected chi connectivity index (χ3v) is 11.6. The van der Waals surface area contributed by atoms with Crippen molar-refractivity contribution in [1.82, 2.24) is 0 Å². The van der Waals surface area contributed by atoms with Crippen LogP contribution in [0.1, 0.15) is 0 Å². The summed E-state index contributed by atoms with van der Waals surface area (Å²) in [4.78, 5) is 0. The van der Waals surface area contributed by atoms with E-state index >= 15 is 0 Å². The summed E-state index contributed by atoms with van der Waals surface area (Å²) in [6, 6.07) is 9.28. The van der Waals surface area contributed by atoms with Crippen LogP contribution >= 0.6 is 68.0 Å². The van der Waals surface area contributed by atoms with E-state index < -0.39 is 0 Å². The Morgan fingerprint density at radius 1 is 0.458 bits per heavy atom. The Bertz CT molecular complexity index is 1440. The zero-order chi connectivity index (χ0) is 15.4. The fourth-order valence-corrected chi connectivity index (χ4v) is 11.3. The van der Waals surface area contributed by atoms with Gasteiger partial charge >= 0.3 is 0 Å². The van der Waals surface area contributed by atoms with Gasteiger partial charge in [-0.1, -0.05) is 0 Å². The molecule has 6 heteroatoms. The van der Waals surface area contributed by atoms with Crippen molar-refractivity contribution in [1.29, 1.82) is 0 Å². The predicted octanol–water partition coefficient (Wildman–Crippen LogP) is 8.97. The molecule has 0 aliphatic heterocycles. The molecule has 6 aromatic heterocycles. The molecule has 0 saturated heterocycles. The van der Waals surface area contributed by atoms with Crippen molar-refractivity contribution in [3.8, 4) is 0 Å². The average Bonchev–Trinajstić information content (AvgIpc) is 3.31. The first-order chi connectivity index (χ1) is 11.9. The maximum atomic E-state index is 2.33. The van der Waals surface area contributed by atoms with Crippen LogP contribution in [0.3, 0.4) is 0 Å². The average molecular weight is 415 g/mol. The van der Waals surface area contributed by atoms with Crippen molar-refractivity contribution in [2.75, 3.05) is 0 Å². The Morgan fingerprint density at radius 3 is 1.46 bits per heavy atom. The Labute approximate surface area is 159 Å². The molecule has 0 saturated carbocycles. The first-order valence-electron chi connectivity index (χ1n) is 7.42. The number of hydrogen-bond acceptors (Lipinski definition) is 6. The first kappa shape index (κ1) is 13.2. The van der Waals surface area contributed by atoms with Gasteiger partial charge in [-0.3, -0.25) is 0 Å². The molecule has 6 heterocycles. The number of fused-ring (bicyclic) bond motifs is 11. The van der Waals surface area contributed by atoms with E-state index in [4.69, 9.17) is 0 Å². The molecule has 0 radical (unpaired) electrons. The third kappa shape index (κ3) is 1.45. The molecule has 0 atom stereocenters. The molecule has 0 N–H and O–H groups in total. The van der Waals surface area contributed by atoms with Crippen LogP contribution in [0.2, 0.25) is 0 Å². The molecule has 0 aliphatic rings. The SMILES string of the molecule is c1cc2c(s1)sc1sc3ccc4sc5sc6sccc6c5c4c3c12. The van der Waals surface area contributed by atoms with Crippen molar-refractivity contribution >= 4 is 126 Å². The lowest BCUT2D eigenvalue weighted by molar-refractivity contribution is 2.08. The van der Waals surface area contributed by atoms with Crippen molar-refractivity contribution in [2.45, 2.75) is 0 Å². The molecule has 114 valence electrons. The molecule has 24 heavy (non-hydrogen) atoms. The van der Waals surface area contributed by atoms with Gasteiger partial charge in [0.25, 0.3) is 0 Å². The van der Waals surface area contributed by atoms with E-state index in [-0.39, 0.29) is 0 Å². The van der Waals surface area contributed by atoms with E-state index in [2.05, 4.69) is 35.0 Å². The predicted molar refractivity (Wildman–Crippen MR) is 119 cm³/mol. The molecule has 0 nitrogen and oxygen atoms in total. The molecule has 0 unspecified atom stereocenters. The van der Waals surface area contributed by atoms with Crippen molar-refractivity contribution in [3.05, 3.63) is 35.0 Å². The molecule has 7 rings (SSSR count). The lowest BCUT2D eigenvalue weighted by atomic mass is 10.1. The highest BCUT2D eigenvalue weighted by Crippen LogP contribution is 2.53. The minimum absolute atomic E-state index is 1.44. The van der Waals surface area contributed by atoms with Crippen molar-refractivity contribution in [2.24, 2.45) is 0 Å². The van der Waals surface area contributed by atoms with E-state index in [0.717, 1.165) is 0 Å². The fourth-order valence-electron chi connectivity index (χ4n) is 3.66. The summed E-state index contributed by atoms with van der Waals surface area (Å²) in [6.07, 6.45) is 0. The van der Waals surface area contributed by atoms with Gasteiger partial charge in [0.2, 0.25) is 0 Å². The summed E-state index contributed by atoms with van der Waals surface area (Å²) in [6.45, 7) is 0. The van der Waals surface area contributed by atoms with Crippen molar-refractivity contribution in [3.63, 3.8) is 0 Å². The van der Waals surface area contributed by atoms with Crippen molar-refractivity contribution < 1.29 is 0 Å². The summed E-state index contributed by atoms with van der Waals surface area (Å²) < 4.78 is 8.77. The standard InChI is InChI=1S/C18H6S6/c1-2-10-14(12-8-4-6-20-16(8)24-18(12)22-10)13-9(1)21-17-11(13)7-3-5-19-15(7)23-17/h1-6H. The van der Waals surface area contributed by atoms with E-state index in [9.17, 15) is 0 Å². The zero-order valence-electron chi connectivity index (χ0n) is 11.9.